The molecule has 0 N–H and O–H groups in total. The maximum Gasteiger partial charge on any atom is 0.338 e. The molecule has 0 unspecified atom stereocenters. The van der Waals surface area contributed by atoms with E-state index in [0.717, 1.165) is 0 Å². The summed E-state index contributed by atoms with van der Waals surface area (Å²) in [5, 5.41) is 0. The summed E-state index contributed by atoms with van der Waals surface area (Å²) in [5.74, 6) is -0.372. The molecule has 0 aliphatic rings. The van der Waals surface area contributed by atoms with Crippen LogP contribution in [0.25, 0.3) is 6.08 Å². The zero-order chi connectivity index (χ0) is 11.1. The molecule has 0 heterocycles. The van der Waals surface area contributed by atoms with Gasteiger partial charge in [-0.2, -0.15) is 0 Å². The Morgan fingerprint density at radius 1 is 1.40 bits per heavy atom. The Bertz CT molecular complexity index is 380. The first-order chi connectivity index (χ1) is 7.29. The summed E-state index contributed by atoms with van der Waals surface area (Å²) in [6, 6.07) is 6.98. The predicted octanol–water partition coefficient (Wildman–Crippen LogP) is 2.08. The minimum Gasteiger partial charge on any atom is -0.462 e. The van der Waals surface area contributed by atoms with E-state index in [1.165, 1.54) is 6.08 Å². The number of carbonyl (C=O) groups is 2. The van der Waals surface area contributed by atoms with Gasteiger partial charge in [0.05, 0.1) is 12.2 Å². The van der Waals surface area contributed by atoms with Crippen LogP contribution in [0.3, 0.4) is 0 Å². The molecule has 78 valence electrons. The van der Waals surface area contributed by atoms with Crippen molar-refractivity contribution in [1.29, 1.82) is 0 Å². The van der Waals surface area contributed by atoms with Gasteiger partial charge < -0.3 is 4.74 Å². The molecule has 1 aromatic carbocycles. The van der Waals surface area contributed by atoms with Crippen LogP contribution in [0.5, 0.6) is 0 Å². The quantitative estimate of drug-likeness (QED) is 0.428. The molecule has 0 saturated heterocycles. The molecule has 1 aromatic rings. The molecule has 0 aromatic heterocycles. The van der Waals surface area contributed by atoms with E-state index in [9.17, 15) is 9.59 Å². The van der Waals surface area contributed by atoms with E-state index in [-0.39, 0.29) is 5.97 Å². The Labute approximate surface area is 88.4 Å². The Kier molecular flexibility index (Phi) is 4.29. The standard InChI is InChI=1S/C12H12O3/c1-2-15-12(14)11-8-4-3-6-10(11)7-5-9-13/h3-9H,2H2,1H3/b7-5+. The SMILES string of the molecule is CCOC(=O)c1ccccc1/C=C/C=O. The largest absolute Gasteiger partial charge is 0.462 e. The fraction of sp³-hybridized carbons (Fsp3) is 0.167. The minimum atomic E-state index is -0.372. The average Bonchev–Trinajstić information content (AvgIpc) is 2.27. The van der Waals surface area contributed by atoms with Gasteiger partial charge in [-0.1, -0.05) is 24.3 Å². The van der Waals surface area contributed by atoms with Gasteiger partial charge in [-0.15, -0.1) is 0 Å². The van der Waals surface area contributed by atoms with Crippen molar-refractivity contribution in [2.24, 2.45) is 0 Å². The van der Waals surface area contributed by atoms with Crippen LogP contribution in [-0.2, 0) is 9.53 Å². The molecule has 0 fully saturated rings. The topological polar surface area (TPSA) is 43.4 Å². The average molecular weight is 204 g/mol. The van der Waals surface area contributed by atoms with E-state index in [1.807, 2.05) is 0 Å². The molecule has 0 radical (unpaired) electrons. The second kappa shape index (κ2) is 5.75. The smallest absolute Gasteiger partial charge is 0.338 e. The van der Waals surface area contributed by atoms with Gasteiger partial charge in [-0.05, 0) is 24.6 Å². The van der Waals surface area contributed by atoms with E-state index in [0.29, 0.717) is 24.0 Å². The van der Waals surface area contributed by atoms with Crippen LogP contribution in [0.1, 0.15) is 22.8 Å². The summed E-state index contributed by atoms with van der Waals surface area (Å²) in [6.07, 6.45) is 3.60. The lowest BCUT2D eigenvalue weighted by Gasteiger charge is -2.04. The monoisotopic (exact) mass is 204 g/mol. The van der Waals surface area contributed by atoms with Crippen LogP contribution in [-0.4, -0.2) is 18.9 Å². The molecule has 0 atom stereocenters. The van der Waals surface area contributed by atoms with Crippen molar-refractivity contribution in [1.82, 2.24) is 0 Å². The zero-order valence-electron chi connectivity index (χ0n) is 8.47. The van der Waals surface area contributed by atoms with Gasteiger partial charge in [0.1, 0.15) is 6.29 Å². The van der Waals surface area contributed by atoms with Gasteiger partial charge in [0.25, 0.3) is 0 Å². The molecule has 0 spiro atoms. The van der Waals surface area contributed by atoms with Crippen molar-refractivity contribution < 1.29 is 14.3 Å². The third-order valence-corrected chi connectivity index (χ3v) is 1.81. The first kappa shape index (κ1) is 11.2. The molecular formula is C12H12O3. The number of esters is 1. The Hall–Kier alpha value is -1.90. The molecule has 0 amide bonds. The molecule has 15 heavy (non-hydrogen) atoms. The second-order valence-electron chi connectivity index (χ2n) is 2.80. The van der Waals surface area contributed by atoms with Crippen LogP contribution < -0.4 is 0 Å². The summed E-state index contributed by atoms with van der Waals surface area (Å²) in [6.45, 7) is 2.09. The van der Waals surface area contributed by atoms with Crippen molar-refractivity contribution in [3.8, 4) is 0 Å². The van der Waals surface area contributed by atoms with E-state index < -0.39 is 0 Å². The Morgan fingerprint density at radius 3 is 2.80 bits per heavy atom. The maximum atomic E-state index is 11.5. The lowest BCUT2D eigenvalue weighted by atomic mass is 10.1. The predicted molar refractivity (Wildman–Crippen MR) is 57.5 cm³/mol. The lowest BCUT2D eigenvalue weighted by molar-refractivity contribution is -0.104. The fourth-order valence-corrected chi connectivity index (χ4v) is 1.18. The highest BCUT2D eigenvalue weighted by atomic mass is 16.5. The number of ether oxygens (including phenoxy) is 1. The first-order valence-corrected chi connectivity index (χ1v) is 4.67. The normalized spacial score (nSPS) is 10.2. The number of allylic oxidation sites excluding steroid dienone is 1. The molecular weight excluding hydrogens is 192 g/mol. The maximum absolute atomic E-state index is 11.5. The van der Waals surface area contributed by atoms with Gasteiger partial charge in [0, 0.05) is 0 Å². The summed E-state index contributed by atoms with van der Waals surface area (Å²) in [4.78, 5) is 21.7. The highest BCUT2D eigenvalue weighted by Gasteiger charge is 2.08. The molecule has 0 bridgehead atoms. The van der Waals surface area contributed by atoms with Crippen LogP contribution >= 0.6 is 0 Å². The van der Waals surface area contributed by atoms with Crippen LogP contribution in [0.4, 0.5) is 0 Å². The highest BCUT2D eigenvalue weighted by molar-refractivity contribution is 5.94. The number of aldehydes is 1. The van der Waals surface area contributed by atoms with E-state index >= 15 is 0 Å². The Balaban J connectivity index is 3.00. The summed E-state index contributed by atoms with van der Waals surface area (Å²) in [7, 11) is 0. The van der Waals surface area contributed by atoms with Crippen molar-refractivity contribution >= 4 is 18.3 Å². The van der Waals surface area contributed by atoms with Crippen LogP contribution in [0.15, 0.2) is 30.3 Å². The van der Waals surface area contributed by atoms with Gasteiger partial charge >= 0.3 is 5.97 Å². The van der Waals surface area contributed by atoms with E-state index in [4.69, 9.17) is 4.74 Å². The number of benzene rings is 1. The van der Waals surface area contributed by atoms with Crippen molar-refractivity contribution in [3.05, 3.63) is 41.5 Å². The van der Waals surface area contributed by atoms with Crippen LogP contribution in [0, 0.1) is 0 Å². The summed E-state index contributed by atoms with van der Waals surface area (Å²) < 4.78 is 4.89. The number of carbonyl (C=O) groups excluding carboxylic acids is 2. The molecule has 1 rings (SSSR count). The molecule has 0 aliphatic heterocycles. The Morgan fingerprint density at radius 2 is 2.13 bits per heavy atom. The van der Waals surface area contributed by atoms with Gasteiger partial charge in [-0.3, -0.25) is 4.79 Å². The van der Waals surface area contributed by atoms with Gasteiger partial charge in [-0.25, -0.2) is 4.79 Å². The van der Waals surface area contributed by atoms with Crippen molar-refractivity contribution in [3.63, 3.8) is 0 Å². The number of rotatable bonds is 4. The molecule has 0 aliphatic carbocycles. The fourth-order valence-electron chi connectivity index (χ4n) is 1.18. The third-order valence-electron chi connectivity index (χ3n) is 1.81. The molecule has 0 saturated carbocycles. The minimum absolute atomic E-state index is 0.338. The number of hydrogen-bond acceptors (Lipinski definition) is 3. The van der Waals surface area contributed by atoms with Crippen LogP contribution in [0.2, 0.25) is 0 Å². The zero-order valence-corrected chi connectivity index (χ0v) is 8.47. The number of hydrogen-bond donors (Lipinski definition) is 0. The molecule has 3 nitrogen and oxygen atoms in total. The van der Waals surface area contributed by atoms with Gasteiger partial charge in [0.15, 0.2) is 0 Å². The highest BCUT2D eigenvalue weighted by Crippen LogP contribution is 2.11. The third kappa shape index (κ3) is 3.06. The lowest BCUT2D eigenvalue weighted by Crippen LogP contribution is -2.06. The molecule has 3 heteroatoms. The van der Waals surface area contributed by atoms with Crippen molar-refractivity contribution in [2.45, 2.75) is 6.92 Å². The second-order valence-corrected chi connectivity index (χ2v) is 2.80. The summed E-state index contributed by atoms with van der Waals surface area (Å²) >= 11 is 0. The summed E-state index contributed by atoms with van der Waals surface area (Å²) in [5.41, 5.74) is 1.15. The van der Waals surface area contributed by atoms with E-state index in [1.54, 1.807) is 37.3 Å². The van der Waals surface area contributed by atoms with Crippen molar-refractivity contribution in [2.75, 3.05) is 6.61 Å². The van der Waals surface area contributed by atoms with Gasteiger partial charge in [0.2, 0.25) is 0 Å². The van der Waals surface area contributed by atoms with E-state index in [2.05, 4.69) is 0 Å². The first-order valence-electron chi connectivity index (χ1n) is 4.67.